The molecule has 2 aromatic carbocycles. The molecule has 0 aliphatic heterocycles. The number of aromatic nitrogens is 2. The molecule has 8 heteroatoms. The summed E-state index contributed by atoms with van der Waals surface area (Å²) in [5, 5.41) is 5.10. The van der Waals surface area contributed by atoms with Crippen molar-refractivity contribution in [2.75, 3.05) is 18.2 Å². The van der Waals surface area contributed by atoms with E-state index in [1.807, 2.05) is 18.2 Å². The highest BCUT2D eigenvalue weighted by atomic mass is 35.5. The minimum atomic E-state index is -0.166. The van der Waals surface area contributed by atoms with Gasteiger partial charge in [0, 0.05) is 15.3 Å². The molecule has 0 saturated carbocycles. The van der Waals surface area contributed by atoms with Gasteiger partial charge in [-0.2, -0.15) is 0 Å². The molecule has 0 radical (unpaired) electrons. The lowest BCUT2D eigenvalue weighted by molar-refractivity contribution is -0.113. The summed E-state index contributed by atoms with van der Waals surface area (Å²) in [6.07, 6.45) is 1.54. The van der Waals surface area contributed by atoms with Gasteiger partial charge < -0.3 is 10.1 Å². The zero-order valence-corrected chi connectivity index (χ0v) is 17.8. The standard InChI is InChI=1S/C21H16ClN3O2S2/c1-27-17-8-7-14(22)9-16(17)25-19(26)11-28-20-15-10-18(13-5-3-2-4-6-13)29-21(15)24-12-23-20/h2-10,12H,11H2,1H3,(H,25,26). The van der Waals surface area contributed by atoms with Crippen molar-refractivity contribution >= 4 is 56.5 Å². The number of rotatable bonds is 6. The van der Waals surface area contributed by atoms with Gasteiger partial charge in [-0.15, -0.1) is 11.3 Å². The molecule has 0 spiro atoms. The first-order valence-electron chi connectivity index (χ1n) is 8.70. The van der Waals surface area contributed by atoms with Gasteiger partial charge >= 0.3 is 0 Å². The molecule has 146 valence electrons. The first-order chi connectivity index (χ1) is 14.1. The molecular weight excluding hydrogens is 426 g/mol. The molecule has 0 saturated heterocycles. The van der Waals surface area contributed by atoms with Crippen LogP contribution < -0.4 is 10.1 Å². The zero-order valence-electron chi connectivity index (χ0n) is 15.4. The number of methoxy groups -OCH3 is 1. The minimum Gasteiger partial charge on any atom is -0.495 e. The number of anilines is 1. The highest BCUT2D eigenvalue weighted by Crippen LogP contribution is 2.36. The number of amides is 1. The first-order valence-corrected chi connectivity index (χ1v) is 10.9. The van der Waals surface area contributed by atoms with E-state index in [9.17, 15) is 4.79 Å². The molecule has 2 heterocycles. The third kappa shape index (κ3) is 4.53. The molecule has 1 N–H and O–H groups in total. The van der Waals surface area contributed by atoms with Gasteiger partial charge in [-0.1, -0.05) is 53.7 Å². The molecule has 2 aromatic heterocycles. The Labute approximate surface area is 181 Å². The third-order valence-electron chi connectivity index (χ3n) is 4.13. The molecule has 0 unspecified atom stereocenters. The van der Waals surface area contributed by atoms with E-state index in [1.165, 1.54) is 18.1 Å². The number of carbonyl (C=O) groups is 1. The summed E-state index contributed by atoms with van der Waals surface area (Å²) in [6.45, 7) is 0. The van der Waals surface area contributed by atoms with Crippen LogP contribution in [0.15, 0.2) is 66.0 Å². The Morgan fingerprint density at radius 1 is 1.17 bits per heavy atom. The predicted octanol–water partition coefficient (Wildman–Crippen LogP) is 5.75. The SMILES string of the molecule is COc1ccc(Cl)cc1NC(=O)CSc1ncnc2sc(-c3ccccc3)cc12. The smallest absolute Gasteiger partial charge is 0.234 e. The van der Waals surface area contributed by atoms with E-state index in [0.29, 0.717) is 16.5 Å². The molecule has 0 aliphatic rings. The number of thiophene rings is 1. The van der Waals surface area contributed by atoms with Crippen LogP contribution in [-0.2, 0) is 4.79 Å². The quantitative estimate of drug-likeness (QED) is 0.305. The van der Waals surface area contributed by atoms with Crippen molar-refractivity contribution in [2.45, 2.75) is 5.03 Å². The fraction of sp³-hybridized carbons (Fsp3) is 0.0952. The molecule has 0 bridgehead atoms. The number of hydrogen-bond donors (Lipinski definition) is 1. The van der Waals surface area contributed by atoms with Crippen LogP contribution in [0.2, 0.25) is 5.02 Å². The van der Waals surface area contributed by atoms with Crippen LogP contribution in [0.3, 0.4) is 0 Å². The average molecular weight is 442 g/mol. The Hall–Kier alpha value is -2.61. The number of halogens is 1. The van der Waals surface area contributed by atoms with Crippen molar-refractivity contribution in [3.05, 3.63) is 65.9 Å². The van der Waals surface area contributed by atoms with Crippen LogP contribution in [0.1, 0.15) is 0 Å². The van der Waals surface area contributed by atoms with Gasteiger partial charge in [-0.3, -0.25) is 4.79 Å². The van der Waals surface area contributed by atoms with Crippen LogP contribution >= 0.6 is 34.7 Å². The van der Waals surface area contributed by atoms with Crippen molar-refractivity contribution in [1.29, 1.82) is 0 Å². The van der Waals surface area contributed by atoms with Crippen LogP contribution in [-0.4, -0.2) is 28.7 Å². The first kappa shape index (κ1) is 19.7. The van der Waals surface area contributed by atoms with E-state index >= 15 is 0 Å². The topological polar surface area (TPSA) is 64.1 Å². The van der Waals surface area contributed by atoms with E-state index in [2.05, 4.69) is 33.5 Å². The molecule has 4 rings (SSSR count). The summed E-state index contributed by atoms with van der Waals surface area (Å²) in [6, 6.07) is 17.3. The molecule has 5 nitrogen and oxygen atoms in total. The summed E-state index contributed by atoms with van der Waals surface area (Å²) >= 11 is 9.01. The number of carbonyl (C=O) groups excluding carboxylic acids is 1. The maximum atomic E-state index is 12.5. The van der Waals surface area contributed by atoms with Crippen molar-refractivity contribution in [3.8, 4) is 16.2 Å². The monoisotopic (exact) mass is 441 g/mol. The summed E-state index contributed by atoms with van der Waals surface area (Å²) in [4.78, 5) is 23.2. The van der Waals surface area contributed by atoms with Gasteiger partial charge in [0.15, 0.2) is 0 Å². The highest BCUT2D eigenvalue weighted by Gasteiger charge is 2.13. The van der Waals surface area contributed by atoms with Gasteiger partial charge in [-0.05, 0) is 29.8 Å². The lowest BCUT2D eigenvalue weighted by Crippen LogP contribution is -2.14. The summed E-state index contributed by atoms with van der Waals surface area (Å²) in [5.41, 5.74) is 1.68. The zero-order chi connectivity index (χ0) is 20.2. The van der Waals surface area contributed by atoms with Crippen molar-refractivity contribution in [1.82, 2.24) is 9.97 Å². The van der Waals surface area contributed by atoms with Crippen LogP contribution in [0, 0.1) is 0 Å². The summed E-state index contributed by atoms with van der Waals surface area (Å²) < 4.78 is 5.27. The highest BCUT2D eigenvalue weighted by molar-refractivity contribution is 8.00. The number of thioether (sulfide) groups is 1. The number of hydrogen-bond acceptors (Lipinski definition) is 6. The third-order valence-corrected chi connectivity index (χ3v) is 6.46. The lowest BCUT2D eigenvalue weighted by atomic mass is 10.2. The summed E-state index contributed by atoms with van der Waals surface area (Å²) in [5.74, 6) is 0.599. The van der Waals surface area contributed by atoms with E-state index in [1.54, 1.807) is 36.6 Å². The average Bonchev–Trinajstić information content (AvgIpc) is 3.18. The van der Waals surface area contributed by atoms with Crippen LogP contribution in [0.5, 0.6) is 5.75 Å². The van der Waals surface area contributed by atoms with Crippen molar-refractivity contribution in [3.63, 3.8) is 0 Å². The predicted molar refractivity (Wildman–Crippen MR) is 120 cm³/mol. The Morgan fingerprint density at radius 2 is 2.00 bits per heavy atom. The Bertz CT molecular complexity index is 1170. The summed E-state index contributed by atoms with van der Waals surface area (Å²) in [7, 11) is 1.55. The van der Waals surface area contributed by atoms with Gasteiger partial charge in [0.2, 0.25) is 5.91 Å². The maximum Gasteiger partial charge on any atom is 0.234 e. The fourth-order valence-corrected chi connectivity index (χ4v) is 4.81. The van der Waals surface area contributed by atoms with Crippen molar-refractivity contribution < 1.29 is 9.53 Å². The Morgan fingerprint density at radius 3 is 2.79 bits per heavy atom. The molecule has 1 amide bonds. The van der Waals surface area contributed by atoms with Crippen LogP contribution in [0.4, 0.5) is 5.69 Å². The van der Waals surface area contributed by atoms with E-state index in [0.717, 1.165) is 25.7 Å². The van der Waals surface area contributed by atoms with Gasteiger partial charge in [0.05, 0.1) is 18.6 Å². The lowest BCUT2D eigenvalue weighted by Gasteiger charge is -2.10. The largest absolute Gasteiger partial charge is 0.495 e. The van der Waals surface area contributed by atoms with Gasteiger partial charge in [0.25, 0.3) is 0 Å². The van der Waals surface area contributed by atoms with Gasteiger partial charge in [-0.25, -0.2) is 9.97 Å². The maximum absolute atomic E-state index is 12.5. The Kier molecular flexibility index (Phi) is 5.99. The normalized spacial score (nSPS) is 10.8. The molecule has 0 fully saturated rings. The number of nitrogens with zero attached hydrogens (tertiary/aromatic N) is 2. The van der Waals surface area contributed by atoms with E-state index in [4.69, 9.17) is 16.3 Å². The van der Waals surface area contributed by atoms with E-state index in [-0.39, 0.29) is 11.7 Å². The number of benzene rings is 2. The molecule has 4 aromatic rings. The van der Waals surface area contributed by atoms with E-state index < -0.39 is 0 Å². The molecular formula is C21H16ClN3O2S2. The molecule has 0 atom stereocenters. The number of ether oxygens (including phenoxy) is 1. The van der Waals surface area contributed by atoms with Gasteiger partial charge in [0.1, 0.15) is 21.9 Å². The second-order valence-corrected chi connectivity index (χ2v) is 8.49. The molecule has 0 aliphatic carbocycles. The Balaban J connectivity index is 1.50. The number of nitrogens with one attached hydrogen (secondary N) is 1. The second-order valence-electron chi connectivity index (χ2n) is 6.06. The minimum absolute atomic E-state index is 0.166. The van der Waals surface area contributed by atoms with Crippen molar-refractivity contribution in [2.24, 2.45) is 0 Å². The fourth-order valence-electron chi connectivity index (χ4n) is 2.79. The molecule has 29 heavy (non-hydrogen) atoms. The number of fused-ring (bicyclic) bond motifs is 1. The second kappa shape index (κ2) is 8.82. The van der Waals surface area contributed by atoms with Crippen LogP contribution in [0.25, 0.3) is 20.7 Å².